The number of ether oxygens (including phenoxy) is 1. The topological polar surface area (TPSA) is 26.3 Å². The van der Waals surface area contributed by atoms with Gasteiger partial charge in [-0.15, -0.1) is 0 Å². The largest absolute Gasteiger partial charge is 0.375 e. The molecule has 1 rings (SSSR count). The first-order chi connectivity index (χ1) is 5.29. The van der Waals surface area contributed by atoms with Crippen LogP contribution in [0.2, 0.25) is 0 Å². The van der Waals surface area contributed by atoms with Gasteiger partial charge in [-0.25, -0.2) is 0 Å². The first kappa shape index (κ1) is 8.93. The molecule has 2 unspecified atom stereocenters. The van der Waals surface area contributed by atoms with Crippen molar-refractivity contribution in [2.75, 3.05) is 7.11 Å². The summed E-state index contributed by atoms with van der Waals surface area (Å²) in [4.78, 5) is 10.5. The molecule has 0 radical (unpaired) electrons. The van der Waals surface area contributed by atoms with Crippen LogP contribution in [-0.2, 0) is 9.53 Å². The number of hydrogen-bond donors (Lipinski definition) is 0. The fourth-order valence-corrected chi connectivity index (χ4v) is 1.97. The Morgan fingerprint density at radius 1 is 1.73 bits per heavy atom. The van der Waals surface area contributed by atoms with Crippen LogP contribution in [0.4, 0.5) is 0 Å². The molecule has 0 aromatic rings. The van der Waals surface area contributed by atoms with Crippen LogP contribution in [0.5, 0.6) is 0 Å². The first-order valence-corrected chi connectivity index (χ1v) is 4.54. The zero-order valence-electron chi connectivity index (χ0n) is 6.16. The second-order valence-corrected chi connectivity index (χ2v) is 3.71. The van der Waals surface area contributed by atoms with E-state index in [1.165, 1.54) is 0 Å². The Balaban J connectivity index is 2.81. The molecule has 0 saturated carbocycles. The number of rotatable bonds is 2. The molecule has 0 aromatic heterocycles. The van der Waals surface area contributed by atoms with Crippen molar-refractivity contribution in [1.82, 2.24) is 0 Å². The molecular weight excluding hydrogens is 255 g/mol. The number of carbonyl (C=O) groups excluding carboxylic acids is 1. The van der Waals surface area contributed by atoms with Gasteiger partial charge < -0.3 is 4.74 Å². The van der Waals surface area contributed by atoms with Crippen LogP contribution in [0.3, 0.4) is 0 Å². The molecule has 1 aliphatic carbocycles. The van der Waals surface area contributed by atoms with Crippen LogP contribution in [0, 0.1) is 0 Å². The molecule has 0 spiro atoms. The van der Waals surface area contributed by atoms with Crippen LogP contribution >= 0.6 is 22.6 Å². The number of halogens is 1. The fourth-order valence-electron chi connectivity index (χ4n) is 1.02. The lowest BCUT2D eigenvalue weighted by atomic mass is 10.0. The third kappa shape index (κ3) is 1.90. The predicted molar refractivity (Wildman–Crippen MR) is 51.9 cm³/mol. The Morgan fingerprint density at radius 2 is 2.45 bits per heavy atom. The fraction of sp³-hybridized carbons (Fsp3) is 0.375. The minimum atomic E-state index is -0.0712. The summed E-state index contributed by atoms with van der Waals surface area (Å²) >= 11 is 2.25. The van der Waals surface area contributed by atoms with Crippen molar-refractivity contribution in [2.24, 2.45) is 0 Å². The first-order valence-electron chi connectivity index (χ1n) is 3.30. The van der Waals surface area contributed by atoms with Gasteiger partial charge in [-0.05, 0) is 0 Å². The highest BCUT2D eigenvalue weighted by Crippen LogP contribution is 2.21. The maximum absolute atomic E-state index is 10.5. The molecular formula is C8H9IO2. The molecule has 60 valence electrons. The Morgan fingerprint density at radius 3 is 2.91 bits per heavy atom. The van der Waals surface area contributed by atoms with Crippen LogP contribution in [0.25, 0.3) is 0 Å². The normalized spacial score (nSPS) is 29.8. The number of aldehydes is 1. The van der Waals surface area contributed by atoms with Gasteiger partial charge in [0, 0.05) is 12.7 Å². The Hall–Kier alpha value is -0.160. The van der Waals surface area contributed by atoms with Crippen molar-refractivity contribution in [3.63, 3.8) is 0 Å². The SMILES string of the molecule is COC1C(C=O)=CC=CC1I. The van der Waals surface area contributed by atoms with Gasteiger partial charge in [0.05, 0.1) is 3.92 Å². The maximum atomic E-state index is 10.5. The molecule has 11 heavy (non-hydrogen) atoms. The summed E-state index contributed by atoms with van der Waals surface area (Å²) < 4.78 is 5.42. The number of methoxy groups -OCH3 is 1. The van der Waals surface area contributed by atoms with E-state index in [0.717, 1.165) is 11.9 Å². The smallest absolute Gasteiger partial charge is 0.148 e. The van der Waals surface area contributed by atoms with E-state index in [1.54, 1.807) is 13.2 Å². The van der Waals surface area contributed by atoms with E-state index in [0.29, 0.717) is 0 Å². The van der Waals surface area contributed by atoms with Gasteiger partial charge in [0.2, 0.25) is 0 Å². The zero-order valence-corrected chi connectivity index (χ0v) is 8.32. The molecule has 1 aliphatic rings. The van der Waals surface area contributed by atoms with Gasteiger partial charge in [-0.1, -0.05) is 40.8 Å². The second-order valence-electron chi connectivity index (χ2n) is 2.27. The van der Waals surface area contributed by atoms with E-state index in [2.05, 4.69) is 22.6 Å². The molecule has 2 atom stereocenters. The van der Waals surface area contributed by atoms with Crippen molar-refractivity contribution < 1.29 is 9.53 Å². The monoisotopic (exact) mass is 264 g/mol. The van der Waals surface area contributed by atoms with Crippen LogP contribution < -0.4 is 0 Å². The third-order valence-corrected chi connectivity index (χ3v) is 2.66. The molecule has 0 bridgehead atoms. The standard InChI is InChI=1S/C8H9IO2/c1-11-8-6(5-10)3-2-4-7(8)9/h2-5,7-8H,1H3. The van der Waals surface area contributed by atoms with E-state index < -0.39 is 0 Å². The maximum Gasteiger partial charge on any atom is 0.148 e. The Bertz CT molecular complexity index is 208. The molecule has 0 N–H and O–H groups in total. The zero-order chi connectivity index (χ0) is 8.27. The van der Waals surface area contributed by atoms with Crippen molar-refractivity contribution in [3.05, 3.63) is 23.8 Å². The summed E-state index contributed by atoms with van der Waals surface area (Å²) in [7, 11) is 1.62. The van der Waals surface area contributed by atoms with Crippen molar-refractivity contribution in [2.45, 2.75) is 10.0 Å². The average molecular weight is 264 g/mol. The number of alkyl halides is 1. The number of carbonyl (C=O) groups is 1. The highest BCUT2D eigenvalue weighted by molar-refractivity contribution is 14.1. The van der Waals surface area contributed by atoms with E-state index in [9.17, 15) is 4.79 Å². The summed E-state index contributed by atoms with van der Waals surface area (Å²) in [6.07, 6.45) is 6.47. The van der Waals surface area contributed by atoms with Crippen LogP contribution in [0.1, 0.15) is 0 Å². The van der Waals surface area contributed by atoms with E-state index in [1.807, 2.05) is 12.2 Å². The van der Waals surface area contributed by atoms with Gasteiger partial charge in [0.15, 0.2) is 0 Å². The van der Waals surface area contributed by atoms with Crippen molar-refractivity contribution in [1.29, 1.82) is 0 Å². The summed E-state index contributed by atoms with van der Waals surface area (Å²) in [5, 5.41) is 0. The quantitative estimate of drug-likeness (QED) is 0.429. The van der Waals surface area contributed by atoms with Gasteiger partial charge in [0.25, 0.3) is 0 Å². The summed E-state index contributed by atoms with van der Waals surface area (Å²) in [5.74, 6) is 0. The van der Waals surface area contributed by atoms with Gasteiger partial charge in [-0.3, -0.25) is 4.79 Å². The molecule has 0 aliphatic heterocycles. The van der Waals surface area contributed by atoms with Crippen molar-refractivity contribution in [3.8, 4) is 0 Å². The Kier molecular flexibility index (Phi) is 3.26. The van der Waals surface area contributed by atoms with E-state index >= 15 is 0 Å². The Labute approximate surface area is 79.4 Å². The molecule has 0 aromatic carbocycles. The van der Waals surface area contributed by atoms with Crippen molar-refractivity contribution >= 4 is 28.9 Å². The second kappa shape index (κ2) is 4.01. The van der Waals surface area contributed by atoms with E-state index in [4.69, 9.17) is 4.74 Å². The average Bonchev–Trinajstić information content (AvgIpc) is 2.04. The molecule has 2 nitrogen and oxygen atoms in total. The molecule has 0 amide bonds. The van der Waals surface area contributed by atoms with E-state index in [-0.39, 0.29) is 10.0 Å². The third-order valence-electron chi connectivity index (χ3n) is 1.59. The number of hydrogen-bond acceptors (Lipinski definition) is 2. The molecule has 3 heteroatoms. The summed E-state index contributed by atoms with van der Waals surface area (Å²) in [6.45, 7) is 0. The lowest BCUT2D eigenvalue weighted by Gasteiger charge is -2.20. The highest BCUT2D eigenvalue weighted by atomic mass is 127. The minimum Gasteiger partial charge on any atom is -0.375 e. The lowest BCUT2D eigenvalue weighted by Crippen LogP contribution is -2.26. The summed E-state index contributed by atoms with van der Waals surface area (Å²) in [6, 6.07) is 0. The summed E-state index contributed by atoms with van der Waals surface area (Å²) in [5.41, 5.74) is 0.717. The van der Waals surface area contributed by atoms with Crippen LogP contribution in [-0.4, -0.2) is 23.4 Å². The van der Waals surface area contributed by atoms with Gasteiger partial charge in [-0.2, -0.15) is 0 Å². The van der Waals surface area contributed by atoms with Crippen LogP contribution in [0.15, 0.2) is 23.8 Å². The molecule has 0 saturated heterocycles. The minimum absolute atomic E-state index is 0.0712. The molecule has 0 fully saturated rings. The van der Waals surface area contributed by atoms with Gasteiger partial charge in [0.1, 0.15) is 12.4 Å². The number of allylic oxidation sites excluding steroid dienone is 2. The lowest BCUT2D eigenvalue weighted by molar-refractivity contribution is -0.105. The van der Waals surface area contributed by atoms with Gasteiger partial charge >= 0.3 is 0 Å². The predicted octanol–water partition coefficient (Wildman–Crippen LogP) is 1.50. The molecule has 0 heterocycles. The highest BCUT2D eigenvalue weighted by Gasteiger charge is 2.21.